The van der Waals surface area contributed by atoms with Gasteiger partial charge in [0.2, 0.25) is 69.4 Å². The molecule has 3 saturated carbocycles. The third-order valence-corrected chi connectivity index (χ3v) is 17.8. The zero-order valence-corrected chi connectivity index (χ0v) is 73.5. The van der Waals surface area contributed by atoms with Crippen LogP contribution in [0.4, 0.5) is 125 Å². The minimum atomic E-state index is -0.579. The summed E-state index contributed by atoms with van der Waals surface area (Å²) in [6.45, 7) is 17.6. The summed E-state index contributed by atoms with van der Waals surface area (Å²) in [4.78, 5) is 87.4. The molecule has 0 bridgehead atoms. The molecule has 33 nitrogen and oxygen atoms in total. The number of rotatable bonds is 25. The van der Waals surface area contributed by atoms with E-state index in [9.17, 15) is 14.4 Å². The molecule has 3 amide bonds. The highest BCUT2D eigenvalue weighted by Gasteiger charge is 2.24. The standard InChI is InChI=1S/C27H36N8O2.C22H28N8.C19H25ClN6O2.C14H15Cl2N5O2.3ClH/c1-27(2,3)37-26(36)32-22-10-6-9-21(17-22)31-25-34-23(29-16-15-18-11-13-19(28)14-12-18)33-24(35-25)30-20-7-4-5-8-20;23-16-10-8-15(9-11-16)12-13-25-20-28-21(26-18-5-1-2-6-18)30-22(29-20)27-19-7-3-4-17(24)14-19;1-19(2,3)28-18(27)23-14-10-6-9-13(11-14)22-17-25-15(20)24-16(26-17)21-12-7-4-5-8-12;1-14(2,3)23-13(22)18-9-6-4-5-8(7-9)17-12-20-10(15)19-11(16)21-12;;;/h6,9-14,17,20H,4-5,7-8,15-16,28H2,1-3H3,(H,32,36)(H3,29,30,31,33,34,35);3-4,7-11,14,18H,1-2,5-6,12-13,23-24H2,(H3,25,26,27,28,29,30);6,9-12H,4-5,7-8H2,1-3H3,(H,23,27)(H2,21,22,24,25,26);4-7H,1-3H3,(H,18,22)(H,17,19,20,21);3*1H. The summed E-state index contributed by atoms with van der Waals surface area (Å²) >= 11 is 17.5. The van der Waals surface area contributed by atoms with Crippen LogP contribution in [-0.4, -0.2) is 126 Å². The summed E-state index contributed by atoms with van der Waals surface area (Å²) in [5, 5.41) is 37.5. The van der Waals surface area contributed by atoms with Gasteiger partial charge in [-0.1, -0.05) is 87.1 Å². The fourth-order valence-corrected chi connectivity index (χ4v) is 12.7. The van der Waals surface area contributed by atoms with E-state index in [1.165, 1.54) is 49.7 Å². The number of aromatic nitrogens is 12. The fraction of sp³-hybridized carbons (Fsp3) is 0.378. The highest BCUT2D eigenvalue weighted by molar-refractivity contribution is 6.31. The molecule has 121 heavy (non-hydrogen) atoms. The van der Waals surface area contributed by atoms with Crippen molar-refractivity contribution in [2.75, 3.05) is 94.1 Å². The van der Waals surface area contributed by atoms with E-state index in [1.807, 2.05) is 133 Å². The van der Waals surface area contributed by atoms with Crippen molar-refractivity contribution in [2.45, 2.75) is 187 Å². The van der Waals surface area contributed by atoms with Gasteiger partial charge in [-0.25, -0.2) is 14.4 Å². The van der Waals surface area contributed by atoms with E-state index in [2.05, 4.69) is 124 Å². The number of hydrogen-bond acceptors (Lipinski definition) is 30. The Bertz CT molecular complexity index is 4920. The maximum absolute atomic E-state index is 12.2. The van der Waals surface area contributed by atoms with Gasteiger partial charge < -0.3 is 79.3 Å². The van der Waals surface area contributed by atoms with Gasteiger partial charge in [0.15, 0.2) is 0 Å². The molecule has 3 fully saturated rings. The number of nitrogens with one attached hydrogen (secondary N) is 12. The van der Waals surface area contributed by atoms with Crippen molar-refractivity contribution in [2.24, 2.45) is 0 Å². The van der Waals surface area contributed by atoms with Crippen molar-refractivity contribution in [3.05, 3.63) is 173 Å². The number of nitrogens with two attached hydrogens (primary N) is 3. The maximum atomic E-state index is 12.2. The van der Waals surface area contributed by atoms with Crippen molar-refractivity contribution in [1.29, 1.82) is 0 Å². The molecule has 3 aliphatic carbocycles. The Hall–Kier alpha value is -11.5. The van der Waals surface area contributed by atoms with E-state index in [4.69, 9.17) is 66.2 Å². The van der Waals surface area contributed by atoms with Crippen LogP contribution in [0.3, 0.4) is 0 Å². The Labute approximate surface area is 738 Å². The average molecular weight is 1780 g/mol. The molecule has 0 spiro atoms. The van der Waals surface area contributed by atoms with Crippen molar-refractivity contribution in [3.63, 3.8) is 0 Å². The lowest BCUT2D eigenvalue weighted by Crippen LogP contribution is -2.27. The number of halogens is 6. The molecule has 0 unspecified atom stereocenters. The third kappa shape index (κ3) is 36.2. The fourth-order valence-electron chi connectivity index (χ4n) is 12.2. The molecule has 18 N–H and O–H groups in total. The molecule has 4 aromatic heterocycles. The molecule has 39 heteroatoms. The molecule has 0 atom stereocenters. The number of hydrogen-bond donors (Lipinski definition) is 15. The second-order valence-electron chi connectivity index (χ2n) is 31.0. The molecule has 3 aliphatic rings. The Morgan fingerprint density at radius 1 is 0.331 bits per heavy atom. The van der Waals surface area contributed by atoms with Crippen LogP contribution in [-0.2, 0) is 27.1 Å². The van der Waals surface area contributed by atoms with Crippen molar-refractivity contribution in [3.8, 4) is 0 Å². The Morgan fingerprint density at radius 3 is 0.909 bits per heavy atom. The topological polar surface area (TPSA) is 456 Å². The Morgan fingerprint density at radius 2 is 0.587 bits per heavy atom. The number of nitrogens with zero attached hydrogens (tertiary/aromatic N) is 12. The number of nitrogen functional groups attached to an aromatic ring is 3. The smallest absolute Gasteiger partial charge is 0.412 e. The molecule has 0 saturated heterocycles. The lowest BCUT2D eigenvalue weighted by Gasteiger charge is -2.20. The molecular formula is C82H107Cl6N27O6. The predicted octanol–water partition coefficient (Wildman–Crippen LogP) is 19.8. The lowest BCUT2D eigenvalue weighted by molar-refractivity contribution is 0.0624. The first-order valence-electron chi connectivity index (χ1n) is 39.0. The normalized spacial score (nSPS) is 13.1. The summed E-state index contributed by atoms with van der Waals surface area (Å²) in [6.07, 6.45) is 14.1. The van der Waals surface area contributed by atoms with E-state index < -0.39 is 35.1 Å². The number of ether oxygens (including phenoxy) is 3. The number of amides is 3. The lowest BCUT2D eigenvalue weighted by atomic mass is 10.1. The highest BCUT2D eigenvalue weighted by Crippen LogP contribution is 2.30. The largest absolute Gasteiger partial charge is 0.444 e. The third-order valence-electron chi connectivity index (χ3n) is 17.3. The van der Waals surface area contributed by atoms with Crippen LogP contribution in [0.2, 0.25) is 15.9 Å². The van der Waals surface area contributed by atoms with Gasteiger partial charge in [-0.2, -0.15) is 59.8 Å². The summed E-state index contributed by atoms with van der Waals surface area (Å²) in [5.41, 5.74) is 24.9. The zero-order chi connectivity index (χ0) is 84.2. The monoisotopic (exact) mass is 1780 g/mol. The van der Waals surface area contributed by atoms with Crippen LogP contribution in [0.25, 0.3) is 0 Å². The summed E-state index contributed by atoms with van der Waals surface area (Å²) in [6, 6.07) is 45.8. The molecule has 4 heterocycles. The second-order valence-corrected chi connectivity index (χ2v) is 32.0. The van der Waals surface area contributed by atoms with E-state index in [1.54, 1.807) is 75.4 Å². The van der Waals surface area contributed by atoms with Crippen LogP contribution in [0.1, 0.15) is 150 Å². The van der Waals surface area contributed by atoms with Crippen molar-refractivity contribution in [1.82, 2.24) is 59.8 Å². The Kier molecular flexibility index (Phi) is 37.5. The first kappa shape index (κ1) is 96.6. The first-order chi connectivity index (χ1) is 56.3. The van der Waals surface area contributed by atoms with Gasteiger partial charge in [0, 0.05) is 88.1 Å². The van der Waals surface area contributed by atoms with Crippen LogP contribution in [0, 0.1) is 0 Å². The van der Waals surface area contributed by atoms with Crippen LogP contribution >= 0.6 is 72.0 Å². The zero-order valence-electron chi connectivity index (χ0n) is 68.8. The summed E-state index contributed by atoms with van der Waals surface area (Å²) in [5.74, 6) is 3.99. The maximum Gasteiger partial charge on any atom is 0.412 e. The summed E-state index contributed by atoms with van der Waals surface area (Å²) < 4.78 is 15.8. The second kappa shape index (κ2) is 46.9. The van der Waals surface area contributed by atoms with Gasteiger partial charge in [-0.05, 0) is 257 Å². The minimum Gasteiger partial charge on any atom is -0.444 e. The van der Waals surface area contributed by atoms with Gasteiger partial charge in [-0.15, -0.1) is 37.2 Å². The number of carbonyl (C=O) groups is 3. The molecule has 0 aliphatic heterocycles. The molecule has 648 valence electrons. The van der Waals surface area contributed by atoms with Gasteiger partial charge in [-0.3, -0.25) is 16.0 Å². The van der Waals surface area contributed by atoms with Crippen molar-refractivity contribution >= 4 is 201 Å². The molecule has 0 radical (unpaired) electrons. The highest BCUT2D eigenvalue weighted by atomic mass is 35.5. The minimum absolute atomic E-state index is 0. The van der Waals surface area contributed by atoms with E-state index >= 15 is 0 Å². The molecular weight excluding hydrogens is 1670 g/mol. The van der Waals surface area contributed by atoms with Crippen LogP contribution in [0.15, 0.2) is 146 Å². The SMILES string of the molecule is CC(C)(C)OC(=O)Nc1cccc(Nc2nc(Cl)nc(Cl)n2)c1.CC(C)(C)OC(=O)Nc1cccc(Nc2nc(Cl)nc(NC3CCCC3)n2)c1.CC(C)(C)OC(=O)Nc1cccc(Nc2nc(NCCc3ccc(N)cc3)nc(NC3CCCC3)n2)c1.Cl.Cl.Cl.Nc1ccc(CCNc2nc(Nc3cccc(N)c3)nc(NC3CCCC3)n2)cc1. The van der Waals surface area contributed by atoms with E-state index in [0.717, 1.165) is 74.1 Å². The van der Waals surface area contributed by atoms with Crippen molar-refractivity contribution < 1.29 is 28.6 Å². The molecule has 13 rings (SSSR count). The van der Waals surface area contributed by atoms with Gasteiger partial charge in [0.25, 0.3) is 0 Å². The van der Waals surface area contributed by atoms with Gasteiger partial charge in [0.05, 0.1) is 0 Å². The van der Waals surface area contributed by atoms with Crippen LogP contribution < -0.4 is 81.0 Å². The van der Waals surface area contributed by atoms with E-state index in [-0.39, 0.29) is 59.0 Å². The molecule has 6 aromatic carbocycles. The first-order valence-corrected chi connectivity index (χ1v) is 40.2. The van der Waals surface area contributed by atoms with Gasteiger partial charge in [0.1, 0.15) is 16.8 Å². The average Bonchev–Trinajstić information content (AvgIpc) is 1.67. The predicted molar refractivity (Wildman–Crippen MR) is 493 cm³/mol. The number of carbonyl (C=O) groups excluding carboxylic acids is 3. The van der Waals surface area contributed by atoms with E-state index in [0.29, 0.717) is 113 Å². The number of benzene rings is 6. The van der Waals surface area contributed by atoms with Gasteiger partial charge >= 0.3 is 18.3 Å². The van der Waals surface area contributed by atoms with Crippen LogP contribution in [0.5, 0.6) is 0 Å². The quantitative estimate of drug-likeness (QED) is 0.0187. The summed E-state index contributed by atoms with van der Waals surface area (Å²) in [7, 11) is 0. The number of anilines is 19. The Balaban J connectivity index is 0.000000223. The molecule has 10 aromatic rings.